The summed E-state index contributed by atoms with van der Waals surface area (Å²) in [5, 5.41) is 9.13. The normalized spacial score (nSPS) is 27.8. The molecular weight excluding hydrogens is 250 g/mol. The molecule has 0 bridgehead atoms. The van der Waals surface area contributed by atoms with Crippen LogP contribution in [-0.2, 0) is 10.0 Å². The SMILES string of the molecule is CC(CCl)CS(=O)(=O)N(C)CC1CC(O)C1. The summed E-state index contributed by atoms with van der Waals surface area (Å²) in [5.41, 5.74) is 0. The van der Waals surface area contributed by atoms with E-state index < -0.39 is 10.0 Å². The maximum Gasteiger partial charge on any atom is 0.214 e. The second kappa shape index (κ2) is 5.67. The molecule has 1 unspecified atom stereocenters. The van der Waals surface area contributed by atoms with Crippen molar-refractivity contribution in [3.05, 3.63) is 0 Å². The van der Waals surface area contributed by atoms with Crippen molar-refractivity contribution in [1.82, 2.24) is 4.31 Å². The summed E-state index contributed by atoms with van der Waals surface area (Å²) in [6.45, 7) is 2.33. The number of hydrogen-bond donors (Lipinski definition) is 1. The Morgan fingerprint density at radius 2 is 2.06 bits per heavy atom. The van der Waals surface area contributed by atoms with Crippen LogP contribution in [0.15, 0.2) is 0 Å². The van der Waals surface area contributed by atoms with E-state index in [0.717, 1.165) is 0 Å². The summed E-state index contributed by atoms with van der Waals surface area (Å²) < 4.78 is 25.1. The summed E-state index contributed by atoms with van der Waals surface area (Å²) in [5.74, 6) is 0.736. The quantitative estimate of drug-likeness (QED) is 0.729. The molecule has 0 heterocycles. The zero-order chi connectivity index (χ0) is 12.3. The number of rotatable bonds is 6. The average Bonchev–Trinajstić information content (AvgIpc) is 2.14. The van der Waals surface area contributed by atoms with Gasteiger partial charge in [0.2, 0.25) is 10.0 Å². The first kappa shape index (κ1) is 14.2. The summed E-state index contributed by atoms with van der Waals surface area (Å²) in [6, 6.07) is 0. The first-order valence-corrected chi connectivity index (χ1v) is 7.67. The molecule has 1 N–H and O–H groups in total. The topological polar surface area (TPSA) is 57.6 Å². The highest BCUT2D eigenvalue weighted by Gasteiger charge is 2.31. The summed E-state index contributed by atoms with van der Waals surface area (Å²) >= 11 is 5.61. The standard InChI is InChI=1S/C10H20ClNO3S/c1-8(5-11)7-16(14,15)12(2)6-9-3-10(13)4-9/h8-10,13H,3-7H2,1-2H3. The van der Waals surface area contributed by atoms with Gasteiger partial charge < -0.3 is 5.11 Å². The highest BCUT2D eigenvalue weighted by Crippen LogP contribution is 2.28. The number of hydrogen-bond acceptors (Lipinski definition) is 3. The van der Waals surface area contributed by atoms with Crippen LogP contribution in [0.5, 0.6) is 0 Å². The largest absolute Gasteiger partial charge is 0.393 e. The number of nitrogens with zero attached hydrogens (tertiary/aromatic N) is 1. The Morgan fingerprint density at radius 3 is 2.50 bits per heavy atom. The van der Waals surface area contributed by atoms with Gasteiger partial charge in [-0.1, -0.05) is 6.92 Å². The molecule has 1 atom stereocenters. The minimum absolute atomic E-state index is 0.0268. The van der Waals surface area contributed by atoms with Gasteiger partial charge in [-0.25, -0.2) is 12.7 Å². The van der Waals surface area contributed by atoms with E-state index >= 15 is 0 Å². The van der Waals surface area contributed by atoms with E-state index in [1.165, 1.54) is 4.31 Å². The van der Waals surface area contributed by atoms with Crippen LogP contribution in [0.3, 0.4) is 0 Å². The van der Waals surface area contributed by atoms with Crippen molar-refractivity contribution in [3.8, 4) is 0 Å². The van der Waals surface area contributed by atoms with E-state index in [1.54, 1.807) is 7.05 Å². The van der Waals surface area contributed by atoms with Crippen molar-refractivity contribution in [3.63, 3.8) is 0 Å². The lowest BCUT2D eigenvalue weighted by molar-refractivity contribution is 0.0367. The lowest BCUT2D eigenvalue weighted by Crippen LogP contribution is -2.41. The molecule has 1 fully saturated rings. The van der Waals surface area contributed by atoms with Crippen molar-refractivity contribution in [2.75, 3.05) is 25.2 Å². The lowest BCUT2D eigenvalue weighted by atomic mass is 9.82. The van der Waals surface area contributed by atoms with Crippen LogP contribution in [0.2, 0.25) is 0 Å². The molecule has 1 saturated carbocycles. The Labute approximate surface area is 103 Å². The van der Waals surface area contributed by atoms with Crippen LogP contribution in [0.25, 0.3) is 0 Å². The maximum atomic E-state index is 11.9. The average molecular weight is 270 g/mol. The molecule has 0 aromatic heterocycles. The van der Waals surface area contributed by atoms with Crippen molar-refractivity contribution < 1.29 is 13.5 Å². The molecule has 0 saturated heterocycles. The van der Waals surface area contributed by atoms with Gasteiger partial charge in [-0.15, -0.1) is 11.6 Å². The van der Waals surface area contributed by atoms with Gasteiger partial charge in [0.15, 0.2) is 0 Å². The minimum Gasteiger partial charge on any atom is -0.393 e. The lowest BCUT2D eigenvalue weighted by Gasteiger charge is -2.34. The van der Waals surface area contributed by atoms with Crippen LogP contribution in [-0.4, -0.2) is 49.2 Å². The number of sulfonamides is 1. The summed E-state index contributed by atoms with van der Waals surface area (Å²) in [4.78, 5) is 0. The molecule has 16 heavy (non-hydrogen) atoms. The highest BCUT2D eigenvalue weighted by atomic mass is 35.5. The third kappa shape index (κ3) is 3.87. The van der Waals surface area contributed by atoms with Crippen molar-refractivity contribution in [1.29, 1.82) is 0 Å². The maximum absolute atomic E-state index is 11.9. The molecule has 1 aliphatic carbocycles. The molecule has 0 radical (unpaired) electrons. The molecule has 0 aromatic rings. The van der Waals surface area contributed by atoms with Crippen molar-refractivity contribution in [2.24, 2.45) is 11.8 Å². The van der Waals surface area contributed by atoms with Crippen LogP contribution in [0, 0.1) is 11.8 Å². The Morgan fingerprint density at radius 1 is 1.50 bits per heavy atom. The fourth-order valence-electron chi connectivity index (χ4n) is 1.86. The second-order valence-corrected chi connectivity index (χ2v) is 7.24. The number of aliphatic hydroxyl groups is 1. The summed E-state index contributed by atoms with van der Waals surface area (Å²) in [7, 11) is -1.59. The van der Waals surface area contributed by atoms with E-state index in [-0.39, 0.29) is 17.8 Å². The number of aliphatic hydroxyl groups excluding tert-OH is 1. The molecule has 6 heteroatoms. The van der Waals surface area contributed by atoms with E-state index in [2.05, 4.69) is 0 Å². The highest BCUT2D eigenvalue weighted by molar-refractivity contribution is 7.89. The minimum atomic E-state index is -3.19. The van der Waals surface area contributed by atoms with Gasteiger partial charge in [0.25, 0.3) is 0 Å². The summed E-state index contributed by atoms with van der Waals surface area (Å²) in [6.07, 6.45) is 1.19. The Balaban J connectivity index is 2.42. The molecule has 1 aliphatic rings. The Hall–Kier alpha value is 0.160. The zero-order valence-electron chi connectivity index (χ0n) is 9.76. The van der Waals surface area contributed by atoms with E-state index in [1.807, 2.05) is 6.92 Å². The van der Waals surface area contributed by atoms with Crippen molar-refractivity contribution in [2.45, 2.75) is 25.9 Å². The molecule has 1 rings (SSSR count). The van der Waals surface area contributed by atoms with E-state index in [9.17, 15) is 8.42 Å². The smallest absolute Gasteiger partial charge is 0.214 e. The van der Waals surface area contributed by atoms with Crippen molar-refractivity contribution >= 4 is 21.6 Å². The number of halogens is 1. The van der Waals surface area contributed by atoms with Crippen LogP contribution >= 0.6 is 11.6 Å². The van der Waals surface area contributed by atoms with E-state index in [0.29, 0.717) is 31.2 Å². The zero-order valence-corrected chi connectivity index (χ0v) is 11.3. The molecule has 4 nitrogen and oxygen atoms in total. The molecule has 0 aromatic carbocycles. The van der Waals surface area contributed by atoms with Gasteiger partial charge in [0.1, 0.15) is 0 Å². The van der Waals surface area contributed by atoms with Gasteiger partial charge >= 0.3 is 0 Å². The fourth-order valence-corrected chi connectivity index (χ4v) is 3.63. The van der Waals surface area contributed by atoms with E-state index in [4.69, 9.17) is 16.7 Å². The third-order valence-corrected chi connectivity index (χ3v) is 5.58. The third-order valence-electron chi connectivity index (χ3n) is 2.96. The van der Waals surface area contributed by atoms with Crippen LogP contribution in [0.4, 0.5) is 0 Å². The van der Waals surface area contributed by atoms with Gasteiger partial charge in [-0.05, 0) is 24.7 Å². The predicted molar refractivity (Wildman–Crippen MR) is 65.0 cm³/mol. The first-order chi connectivity index (χ1) is 7.35. The Bertz CT molecular complexity index is 314. The van der Waals surface area contributed by atoms with Gasteiger partial charge in [-0.2, -0.15) is 0 Å². The molecule has 0 spiro atoms. The molecular formula is C10H20ClNO3S. The fraction of sp³-hybridized carbons (Fsp3) is 1.00. The molecule has 0 amide bonds. The van der Waals surface area contributed by atoms with Gasteiger partial charge in [-0.3, -0.25) is 0 Å². The van der Waals surface area contributed by atoms with Gasteiger partial charge in [0.05, 0.1) is 11.9 Å². The first-order valence-electron chi connectivity index (χ1n) is 5.53. The van der Waals surface area contributed by atoms with Gasteiger partial charge in [0, 0.05) is 19.5 Å². The van der Waals surface area contributed by atoms with Crippen LogP contribution in [0.1, 0.15) is 19.8 Å². The monoisotopic (exact) mass is 269 g/mol. The molecule has 0 aliphatic heterocycles. The molecule has 96 valence electrons. The van der Waals surface area contributed by atoms with Crippen LogP contribution < -0.4 is 0 Å². The number of alkyl halides is 1. The predicted octanol–water partition coefficient (Wildman–Crippen LogP) is 0.894. The second-order valence-electron chi connectivity index (χ2n) is 4.81. The Kier molecular flexibility index (Phi) is 5.04.